The number of allylic oxidation sites excluding steroid dienone is 1. The molecular weight excluding hydrogens is 270 g/mol. The van der Waals surface area contributed by atoms with Crippen LogP contribution in [0.1, 0.15) is 16.3 Å². The van der Waals surface area contributed by atoms with Crippen LogP contribution in [-0.2, 0) is 0 Å². The minimum absolute atomic E-state index is 0.0248. The van der Waals surface area contributed by atoms with Crippen LogP contribution in [0.15, 0.2) is 29.6 Å². The number of nitriles is 2. The lowest BCUT2D eigenvalue weighted by atomic mass is 10.1. The molecule has 4 nitrogen and oxygen atoms in total. The van der Waals surface area contributed by atoms with E-state index >= 15 is 0 Å². The molecule has 0 aliphatic carbocycles. The molecule has 0 N–H and O–H groups in total. The molecule has 0 atom stereocenters. The second-order valence-electron chi connectivity index (χ2n) is 3.98. The van der Waals surface area contributed by atoms with Crippen molar-refractivity contribution in [1.82, 2.24) is 4.98 Å². The second kappa shape index (κ2) is 6.51. The lowest BCUT2D eigenvalue weighted by molar-refractivity contribution is 0.368. The Morgan fingerprint density at radius 2 is 2.10 bits per heavy atom. The van der Waals surface area contributed by atoms with Crippen molar-refractivity contribution >= 4 is 23.0 Å². The van der Waals surface area contributed by atoms with Crippen molar-refractivity contribution in [1.29, 1.82) is 10.5 Å². The van der Waals surface area contributed by atoms with Gasteiger partial charge in [0.05, 0.1) is 5.57 Å². The molecule has 0 unspecified atom stereocenters. The SMILES string of the molecule is Cc1csc(/C(C#N)=C/c2ccc(OCC#N)cc2)n1. The molecule has 0 saturated carbocycles. The summed E-state index contributed by atoms with van der Waals surface area (Å²) in [6.45, 7) is 1.92. The number of nitrogens with zero attached hydrogens (tertiary/aromatic N) is 3. The van der Waals surface area contributed by atoms with Crippen molar-refractivity contribution < 1.29 is 4.74 Å². The fourth-order valence-electron chi connectivity index (χ4n) is 1.56. The molecule has 1 aromatic heterocycles. The summed E-state index contributed by atoms with van der Waals surface area (Å²) in [7, 11) is 0. The van der Waals surface area contributed by atoms with Gasteiger partial charge in [0.1, 0.15) is 22.9 Å². The molecule has 2 rings (SSSR count). The highest BCUT2D eigenvalue weighted by molar-refractivity contribution is 7.11. The van der Waals surface area contributed by atoms with E-state index in [2.05, 4.69) is 11.1 Å². The first kappa shape index (κ1) is 13.8. The molecule has 0 spiro atoms. The molecular formula is C15H11N3OS. The molecule has 98 valence electrons. The predicted molar refractivity (Wildman–Crippen MR) is 77.9 cm³/mol. The van der Waals surface area contributed by atoms with Gasteiger partial charge in [0.15, 0.2) is 6.61 Å². The van der Waals surface area contributed by atoms with E-state index in [0.717, 1.165) is 16.3 Å². The van der Waals surface area contributed by atoms with E-state index in [4.69, 9.17) is 10.00 Å². The highest BCUT2D eigenvalue weighted by Crippen LogP contribution is 2.22. The highest BCUT2D eigenvalue weighted by Gasteiger charge is 2.05. The van der Waals surface area contributed by atoms with Gasteiger partial charge in [-0.25, -0.2) is 4.98 Å². The van der Waals surface area contributed by atoms with Gasteiger partial charge in [0, 0.05) is 11.1 Å². The number of thiazole rings is 1. The fourth-order valence-corrected chi connectivity index (χ4v) is 2.33. The smallest absolute Gasteiger partial charge is 0.174 e. The van der Waals surface area contributed by atoms with Crippen molar-refractivity contribution in [3.05, 3.63) is 45.9 Å². The Morgan fingerprint density at radius 1 is 1.35 bits per heavy atom. The molecule has 0 saturated heterocycles. The van der Waals surface area contributed by atoms with Crippen LogP contribution in [0.2, 0.25) is 0 Å². The van der Waals surface area contributed by atoms with Gasteiger partial charge < -0.3 is 4.74 Å². The maximum absolute atomic E-state index is 9.21. The molecule has 0 bridgehead atoms. The van der Waals surface area contributed by atoms with Gasteiger partial charge in [0.25, 0.3) is 0 Å². The number of hydrogen-bond donors (Lipinski definition) is 0. The van der Waals surface area contributed by atoms with Gasteiger partial charge in [-0.1, -0.05) is 12.1 Å². The quantitative estimate of drug-likeness (QED) is 0.805. The first-order valence-electron chi connectivity index (χ1n) is 5.87. The lowest BCUT2D eigenvalue weighted by Gasteiger charge is -2.01. The number of benzene rings is 1. The Labute approximate surface area is 121 Å². The van der Waals surface area contributed by atoms with Crippen LogP contribution in [0.4, 0.5) is 0 Å². The summed E-state index contributed by atoms with van der Waals surface area (Å²) < 4.78 is 5.17. The number of ether oxygens (including phenoxy) is 1. The van der Waals surface area contributed by atoms with Gasteiger partial charge in [-0.3, -0.25) is 0 Å². The third-order valence-corrected chi connectivity index (χ3v) is 3.46. The number of hydrogen-bond acceptors (Lipinski definition) is 5. The summed E-state index contributed by atoms with van der Waals surface area (Å²) in [4.78, 5) is 4.30. The third-order valence-electron chi connectivity index (χ3n) is 2.46. The van der Waals surface area contributed by atoms with E-state index in [-0.39, 0.29) is 6.61 Å². The van der Waals surface area contributed by atoms with Crippen LogP contribution in [0.3, 0.4) is 0 Å². The summed E-state index contributed by atoms with van der Waals surface area (Å²) >= 11 is 1.45. The van der Waals surface area contributed by atoms with Crippen molar-refractivity contribution in [2.75, 3.05) is 6.61 Å². The lowest BCUT2D eigenvalue weighted by Crippen LogP contribution is -1.92. The molecule has 5 heteroatoms. The van der Waals surface area contributed by atoms with Gasteiger partial charge in [-0.15, -0.1) is 11.3 Å². The normalized spacial score (nSPS) is 10.7. The summed E-state index contributed by atoms with van der Waals surface area (Å²) in [5.41, 5.74) is 2.33. The highest BCUT2D eigenvalue weighted by atomic mass is 32.1. The van der Waals surface area contributed by atoms with Gasteiger partial charge >= 0.3 is 0 Å². The van der Waals surface area contributed by atoms with Crippen molar-refractivity contribution in [3.63, 3.8) is 0 Å². The van der Waals surface area contributed by atoms with Crippen LogP contribution in [0.25, 0.3) is 11.6 Å². The topological polar surface area (TPSA) is 69.7 Å². The summed E-state index contributed by atoms with van der Waals surface area (Å²) in [5.74, 6) is 0.632. The number of rotatable bonds is 4. The Bertz CT molecular complexity index is 702. The minimum atomic E-state index is 0.0248. The summed E-state index contributed by atoms with van der Waals surface area (Å²) in [6, 6.07) is 11.3. The van der Waals surface area contributed by atoms with E-state index in [0.29, 0.717) is 11.3 Å². The number of aromatic nitrogens is 1. The molecule has 0 amide bonds. The van der Waals surface area contributed by atoms with Gasteiger partial charge in [-0.2, -0.15) is 10.5 Å². The summed E-state index contributed by atoms with van der Waals surface area (Å²) in [5, 5.41) is 20.3. The zero-order chi connectivity index (χ0) is 14.4. The molecule has 0 fully saturated rings. The van der Waals surface area contributed by atoms with Crippen LogP contribution in [-0.4, -0.2) is 11.6 Å². The first-order chi connectivity index (χ1) is 9.72. The molecule has 0 radical (unpaired) electrons. The molecule has 0 aliphatic heterocycles. The summed E-state index contributed by atoms with van der Waals surface area (Å²) in [6.07, 6.45) is 1.78. The molecule has 0 aliphatic rings. The Morgan fingerprint density at radius 3 is 2.65 bits per heavy atom. The van der Waals surface area contributed by atoms with E-state index in [1.54, 1.807) is 18.2 Å². The van der Waals surface area contributed by atoms with Gasteiger partial charge in [0.2, 0.25) is 0 Å². The number of aryl methyl sites for hydroxylation is 1. The van der Waals surface area contributed by atoms with Crippen LogP contribution in [0.5, 0.6) is 5.75 Å². The fraction of sp³-hybridized carbons (Fsp3) is 0.133. The standard InChI is InChI=1S/C15H11N3OS/c1-11-10-20-15(18-11)13(9-17)8-12-2-4-14(5-3-12)19-7-6-16/h2-5,8,10H,7H2,1H3/b13-8+. The zero-order valence-electron chi connectivity index (χ0n) is 10.8. The Kier molecular flexibility index (Phi) is 4.49. The van der Waals surface area contributed by atoms with E-state index < -0.39 is 0 Å². The van der Waals surface area contributed by atoms with E-state index in [1.165, 1.54) is 11.3 Å². The zero-order valence-corrected chi connectivity index (χ0v) is 11.6. The van der Waals surface area contributed by atoms with Crippen molar-refractivity contribution in [2.24, 2.45) is 0 Å². The van der Waals surface area contributed by atoms with Crippen LogP contribution in [0, 0.1) is 29.6 Å². The molecule has 1 aromatic carbocycles. The molecule has 2 aromatic rings. The van der Waals surface area contributed by atoms with E-state index in [9.17, 15) is 5.26 Å². The second-order valence-corrected chi connectivity index (χ2v) is 4.84. The third kappa shape index (κ3) is 3.44. The van der Waals surface area contributed by atoms with E-state index in [1.807, 2.05) is 30.5 Å². The average Bonchev–Trinajstić information content (AvgIpc) is 2.90. The minimum Gasteiger partial charge on any atom is -0.479 e. The molecule has 1 heterocycles. The van der Waals surface area contributed by atoms with Crippen LogP contribution < -0.4 is 4.74 Å². The molecule has 20 heavy (non-hydrogen) atoms. The van der Waals surface area contributed by atoms with Gasteiger partial charge in [-0.05, 0) is 30.7 Å². The first-order valence-corrected chi connectivity index (χ1v) is 6.75. The van der Waals surface area contributed by atoms with Crippen molar-refractivity contribution in [2.45, 2.75) is 6.92 Å². The van der Waals surface area contributed by atoms with Crippen molar-refractivity contribution in [3.8, 4) is 17.9 Å². The average molecular weight is 281 g/mol. The monoisotopic (exact) mass is 281 g/mol. The Balaban J connectivity index is 2.21. The maximum atomic E-state index is 9.21. The van der Waals surface area contributed by atoms with Crippen LogP contribution >= 0.6 is 11.3 Å². The largest absolute Gasteiger partial charge is 0.479 e. The Hall–Kier alpha value is -2.63. The maximum Gasteiger partial charge on any atom is 0.174 e. The predicted octanol–water partition coefficient (Wildman–Crippen LogP) is 3.42.